The summed E-state index contributed by atoms with van der Waals surface area (Å²) in [4.78, 5) is 12.1. The third kappa shape index (κ3) is 6.39. The van der Waals surface area contributed by atoms with E-state index in [-0.39, 0.29) is 18.9 Å². The van der Waals surface area contributed by atoms with Crippen LogP contribution in [0.25, 0.3) is 0 Å². The van der Waals surface area contributed by atoms with Crippen LogP contribution < -0.4 is 5.73 Å². The Morgan fingerprint density at radius 2 is 1.88 bits per heavy atom. The Morgan fingerprint density at radius 3 is 2.38 bits per heavy atom. The van der Waals surface area contributed by atoms with E-state index in [1.54, 1.807) is 29.5 Å². The molecule has 6 heteroatoms. The SMILES string of the molecule is CCOC(=O)[C@@H](CC(C)C)C(F)(F)[C@H](I)[C@H](N)CC1CCCCC1. The Bertz CT molecular complexity index is 387. The number of ether oxygens (including phenoxy) is 1. The fourth-order valence-electron chi connectivity index (χ4n) is 3.53. The van der Waals surface area contributed by atoms with Crippen LogP contribution in [0, 0.1) is 17.8 Å². The van der Waals surface area contributed by atoms with Crippen LogP contribution in [-0.4, -0.2) is 28.5 Å². The molecule has 1 aliphatic rings. The molecule has 0 aliphatic heterocycles. The first-order valence-corrected chi connectivity index (χ1v) is 10.4. The standard InChI is InChI=1S/C18H32F2INO2/c1-4-24-17(23)14(10-12(2)3)18(19,20)16(21)15(22)11-13-8-6-5-7-9-13/h12-16H,4-11,22H2,1-3H3/t14-,15-,16-/m1/s1. The highest BCUT2D eigenvalue weighted by Gasteiger charge is 2.52. The van der Waals surface area contributed by atoms with Crippen LogP contribution in [0.1, 0.15) is 65.7 Å². The van der Waals surface area contributed by atoms with Gasteiger partial charge in [-0.1, -0.05) is 68.5 Å². The van der Waals surface area contributed by atoms with E-state index in [1.807, 2.05) is 13.8 Å². The van der Waals surface area contributed by atoms with Crippen LogP contribution in [0.5, 0.6) is 0 Å². The number of rotatable bonds is 9. The molecule has 0 spiro atoms. The van der Waals surface area contributed by atoms with Crippen molar-refractivity contribution in [1.29, 1.82) is 0 Å². The quantitative estimate of drug-likeness (QED) is 0.302. The number of nitrogens with two attached hydrogens (primary N) is 1. The molecule has 0 radical (unpaired) electrons. The number of halogens is 3. The molecule has 1 rings (SSSR count). The molecular formula is C18H32F2INO2. The second kappa shape index (κ2) is 10.2. The minimum atomic E-state index is -3.16. The molecule has 1 aliphatic carbocycles. The number of carbonyl (C=O) groups excluding carboxylic acids is 1. The van der Waals surface area contributed by atoms with E-state index in [0.29, 0.717) is 12.3 Å². The van der Waals surface area contributed by atoms with Crippen molar-refractivity contribution < 1.29 is 18.3 Å². The molecular weight excluding hydrogens is 427 g/mol. The normalized spacial score (nSPS) is 20.7. The summed E-state index contributed by atoms with van der Waals surface area (Å²) in [5, 5.41) is 0. The van der Waals surface area contributed by atoms with Crippen LogP contribution in [0.2, 0.25) is 0 Å². The highest BCUT2D eigenvalue weighted by molar-refractivity contribution is 14.1. The lowest BCUT2D eigenvalue weighted by molar-refractivity contribution is -0.164. The topological polar surface area (TPSA) is 52.3 Å². The third-order valence-electron chi connectivity index (χ3n) is 4.82. The monoisotopic (exact) mass is 459 g/mol. The van der Waals surface area contributed by atoms with Gasteiger partial charge in [0.15, 0.2) is 0 Å². The molecule has 0 bridgehead atoms. The van der Waals surface area contributed by atoms with Gasteiger partial charge in [-0.15, -0.1) is 0 Å². The van der Waals surface area contributed by atoms with Crippen LogP contribution in [0.15, 0.2) is 0 Å². The second-order valence-corrected chi connectivity index (χ2v) is 8.76. The minimum absolute atomic E-state index is 0.0107. The van der Waals surface area contributed by atoms with E-state index < -0.39 is 27.8 Å². The Kier molecular flexibility index (Phi) is 9.41. The summed E-state index contributed by atoms with van der Waals surface area (Å²) in [5.74, 6) is -4.96. The smallest absolute Gasteiger partial charge is 0.315 e. The lowest BCUT2D eigenvalue weighted by Crippen LogP contribution is -2.51. The fraction of sp³-hybridized carbons (Fsp3) is 0.944. The van der Waals surface area contributed by atoms with E-state index in [9.17, 15) is 4.79 Å². The molecule has 2 N–H and O–H groups in total. The molecule has 3 atom stereocenters. The Hall–Kier alpha value is 0.0200. The van der Waals surface area contributed by atoms with Crippen molar-refractivity contribution in [2.24, 2.45) is 23.5 Å². The maximum absolute atomic E-state index is 15.0. The van der Waals surface area contributed by atoms with Crippen LogP contribution in [0.3, 0.4) is 0 Å². The number of esters is 1. The molecule has 142 valence electrons. The predicted octanol–water partition coefficient (Wildman–Crippen LogP) is 4.95. The summed E-state index contributed by atoms with van der Waals surface area (Å²) in [6.45, 7) is 5.43. The second-order valence-electron chi connectivity index (χ2n) is 7.41. The van der Waals surface area contributed by atoms with E-state index >= 15 is 8.78 Å². The van der Waals surface area contributed by atoms with Gasteiger partial charge in [0.1, 0.15) is 5.92 Å². The van der Waals surface area contributed by atoms with Crippen molar-refractivity contribution in [3.8, 4) is 0 Å². The van der Waals surface area contributed by atoms with Crippen molar-refractivity contribution in [2.75, 3.05) is 6.61 Å². The van der Waals surface area contributed by atoms with Crippen molar-refractivity contribution in [2.45, 2.75) is 81.6 Å². The molecule has 3 nitrogen and oxygen atoms in total. The largest absolute Gasteiger partial charge is 0.466 e. The van der Waals surface area contributed by atoms with Gasteiger partial charge in [0.25, 0.3) is 5.92 Å². The zero-order valence-electron chi connectivity index (χ0n) is 15.1. The van der Waals surface area contributed by atoms with Crippen LogP contribution in [-0.2, 0) is 9.53 Å². The average molecular weight is 459 g/mol. The Morgan fingerprint density at radius 1 is 1.29 bits per heavy atom. The highest BCUT2D eigenvalue weighted by atomic mass is 127. The summed E-state index contributed by atoms with van der Waals surface area (Å²) < 4.78 is 33.9. The van der Waals surface area contributed by atoms with E-state index in [2.05, 4.69) is 0 Å². The van der Waals surface area contributed by atoms with Gasteiger partial charge in [-0.3, -0.25) is 4.79 Å². The predicted molar refractivity (Wildman–Crippen MR) is 102 cm³/mol. The first-order valence-electron chi connectivity index (χ1n) is 9.14. The fourth-order valence-corrected chi connectivity index (χ4v) is 4.26. The van der Waals surface area contributed by atoms with Crippen molar-refractivity contribution in [3.05, 3.63) is 0 Å². The van der Waals surface area contributed by atoms with Crippen molar-refractivity contribution in [1.82, 2.24) is 0 Å². The van der Waals surface area contributed by atoms with Crippen LogP contribution >= 0.6 is 22.6 Å². The van der Waals surface area contributed by atoms with E-state index in [1.165, 1.54) is 19.3 Å². The third-order valence-corrected chi connectivity index (χ3v) is 6.57. The van der Waals surface area contributed by atoms with Gasteiger partial charge in [-0.2, -0.15) is 0 Å². The zero-order valence-corrected chi connectivity index (χ0v) is 17.2. The van der Waals surface area contributed by atoms with Crippen molar-refractivity contribution >= 4 is 28.6 Å². The molecule has 0 saturated heterocycles. The maximum Gasteiger partial charge on any atom is 0.315 e. The maximum atomic E-state index is 15.0. The Balaban J connectivity index is 2.79. The Labute approximate surface area is 158 Å². The summed E-state index contributed by atoms with van der Waals surface area (Å²) >= 11 is 1.75. The molecule has 0 aromatic carbocycles. The number of hydrogen-bond donors (Lipinski definition) is 1. The minimum Gasteiger partial charge on any atom is -0.466 e. The average Bonchev–Trinajstić information content (AvgIpc) is 2.52. The molecule has 1 fully saturated rings. The summed E-state index contributed by atoms with van der Waals surface area (Å²) in [7, 11) is 0. The van der Waals surface area contributed by atoms with Crippen LogP contribution in [0.4, 0.5) is 8.78 Å². The number of carbonyl (C=O) groups is 1. The number of hydrogen-bond acceptors (Lipinski definition) is 3. The van der Waals surface area contributed by atoms with Crippen molar-refractivity contribution in [3.63, 3.8) is 0 Å². The van der Waals surface area contributed by atoms with Gasteiger partial charge in [-0.05, 0) is 31.6 Å². The molecule has 0 aromatic rings. The van der Waals surface area contributed by atoms with Gasteiger partial charge in [-0.25, -0.2) is 8.78 Å². The van der Waals surface area contributed by atoms with Gasteiger partial charge in [0, 0.05) is 6.04 Å². The zero-order chi connectivity index (χ0) is 18.3. The molecule has 24 heavy (non-hydrogen) atoms. The molecule has 0 unspecified atom stereocenters. The molecule has 0 heterocycles. The lowest BCUT2D eigenvalue weighted by Gasteiger charge is -2.35. The van der Waals surface area contributed by atoms with Gasteiger partial charge in [0.2, 0.25) is 0 Å². The molecule has 0 aromatic heterocycles. The first-order chi connectivity index (χ1) is 11.2. The van der Waals surface area contributed by atoms with Gasteiger partial charge >= 0.3 is 5.97 Å². The molecule has 1 saturated carbocycles. The lowest BCUT2D eigenvalue weighted by atomic mass is 9.82. The summed E-state index contributed by atoms with van der Waals surface area (Å²) in [6.07, 6.45) is 6.44. The molecule has 0 amide bonds. The number of alkyl halides is 3. The van der Waals surface area contributed by atoms with Gasteiger partial charge < -0.3 is 10.5 Å². The summed E-state index contributed by atoms with van der Waals surface area (Å²) in [6, 6.07) is -0.604. The van der Waals surface area contributed by atoms with E-state index in [0.717, 1.165) is 12.8 Å². The van der Waals surface area contributed by atoms with E-state index in [4.69, 9.17) is 10.5 Å². The summed E-state index contributed by atoms with van der Waals surface area (Å²) in [5.41, 5.74) is 6.14. The van der Waals surface area contributed by atoms with Gasteiger partial charge in [0.05, 0.1) is 10.5 Å². The highest BCUT2D eigenvalue weighted by Crippen LogP contribution is 2.40. The first kappa shape index (κ1) is 22.1.